The monoisotopic (exact) mass is 444 g/mol. The van der Waals surface area contributed by atoms with Gasteiger partial charge in [0.15, 0.2) is 5.25 Å². The third kappa shape index (κ3) is 19.6. The number of carbonyl (C=O) groups is 2. The van der Waals surface area contributed by atoms with Crippen LogP contribution in [0, 0.1) is 0 Å². The fourth-order valence-corrected chi connectivity index (χ4v) is 3.59. The van der Waals surface area contributed by atoms with Gasteiger partial charge in [0.1, 0.15) is 10.1 Å². The Labute approximate surface area is 198 Å². The molecule has 0 spiro atoms. The summed E-state index contributed by atoms with van der Waals surface area (Å²) in [6.07, 6.45) is 15.9. The molecule has 0 aromatic heterocycles. The summed E-state index contributed by atoms with van der Waals surface area (Å²) in [4.78, 5) is 22.2. The van der Waals surface area contributed by atoms with Crippen molar-refractivity contribution in [3.05, 3.63) is 0 Å². The minimum atomic E-state index is -5.07. The maximum absolute atomic E-state index is 11.4. The van der Waals surface area contributed by atoms with E-state index in [4.69, 9.17) is 9.84 Å². The summed E-state index contributed by atoms with van der Waals surface area (Å²) in [5.41, 5.74) is 0. The largest absolute Gasteiger partial charge is 1.00 e. The molecule has 0 aliphatic carbocycles. The van der Waals surface area contributed by atoms with Gasteiger partial charge in [0.2, 0.25) is 0 Å². The van der Waals surface area contributed by atoms with Crippen LogP contribution in [0.4, 0.5) is 0 Å². The van der Waals surface area contributed by atoms with Gasteiger partial charge < -0.3 is 14.4 Å². The molecule has 0 saturated heterocycles. The Kier molecular flexibility index (Phi) is 21.2. The zero-order chi connectivity index (χ0) is 21.3. The van der Waals surface area contributed by atoms with Gasteiger partial charge in [-0.2, -0.15) is 0 Å². The molecular weight excluding hydrogens is 407 g/mol. The first-order valence-electron chi connectivity index (χ1n) is 10.6. The number of hydrogen-bond donors (Lipinski definition) is 1. The van der Waals surface area contributed by atoms with E-state index in [-0.39, 0.29) is 36.2 Å². The van der Waals surface area contributed by atoms with Crippen LogP contribution in [0.25, 0.3) is 0 Å². The number of unbranched alkanes of at least 4 members (excludes halogenated alkanes) is 13. The van der Waals surface area contributed by atoms with E-state index >= 15 is 0 Å². The van der Waals surface area contributed by atoms with Crippen LogP contribution >= 0.6 is 0 Å². The van der Waals surface area contributed by atoms with E-state index < -0.39 is 33.7 Å². The Bertz CT molecular complexity index is 523. The van der Waals surface area contributed by atoms with E-state index in [2.05, 4.69) is 6.92 Å². The van der Waals surface area contributed by atoms with Gasteiger partial charge in [0.05, 0.1) is 13.0 Å². The van der Waals surface area contributed by atoms with E-state index in [1.165, 1.54) is 64.2 Å². The SMILES string of the molecule is CCCCCCCCCCCCCCCCOC(=O)CC(C(=O)O)S(=O)(=O)[O-].[Na+]. The molecule has 1 N–H and O–H groups in total. The second kappa shape index (κ2) is 19.8. The third-order valence-electron chi connectivity index (χ3n) is 4.74. The first kappa shape index (κ1) is 31.0. The van der Waals surface area contributed by atoms with Gasteiger partial charge in [-0.1, -0.05) is 90.4 Å². The van der Waals surface area contributed by atoms with Crippen LogP contribution in [-0.2, 0) is 24.4 Å². The number of esters is 1. The molecule has 0 radical (unpaired) electrons. The number of carboxylic acids is 1. The summed E-state index contributed by atoms with van der Waals surface area (Å²) in [7, 11) is -5.07. The van der Waals surface area contributed by atoms with Gasteiger partial charge in [0.25, 0.3) is 0 Å². The fourth-order valence-electron chi connectivity index (χ4n) is 3.01. The van der Waals surface area contributed by atoms with Gasteiger partial charge in [-0.3, -0.25) is 9.59 Å². The molecule has 1 unspecified atom stereocenters. The standard InChI is InChI=1S/C20H38O7S.Na/c1-2-3-4-5-6-7-8-9-10-11-12-13-14-15-16-27-19(21)17-18(20(22)23)28(24,25)26;/h18H,2-17H2,1H3,(H,22,23)(H,24,25,26);/q;+1/p-1. The number of carboxylic acid groups (broad SMARTS) is 1. The number of rotatable bonds is 19. The van der Waals surface area contributed by atoms with Crippen molar-refractivity contribution in [2.24, 2.45) is 0 Å². The van der Waals surface area contributed by atoms with Gasteiger partial charge in [-0.15, -0.1) is 0 Å². The van der Waals surface area contributed by atoms with E-state index in [1.54, 1.807) is 0 Å². The van der Waals surface area contributed by atoms with E-state index in [9.17, 15) is 22.6 Å². The molecule has 0 bridgehead atoms. The van der Waals surface area contributed by atoms with Crippen molar-refractivity contribution in [1.29, 1.82) is 0 Å². The maximum atomic E-state index is 11.4. The Morgan fingerprint density at radius 2 is 1.21 bits per heavy atom. The molecule has 0 amide bonds. The normalized spacial score (nSPS) is 12.2. The second-order valence-electron chi connectivity index (χ2n) is 7.34. The van der Waals surface area contributed by atoms with Crippen molar-refractivity contribution >= 4 is 22.1 Å². The zero-order valence-corrected chi connectivity index (χ0v) is 21.0. The molecule has 0 fully saturated rings. The number of aliphatic carboxylic acids is 1. The molecule has 0 saturated carbocycles. The van der Waals surface area contributed by atoms with Crippen LogP contribution in [-0.4, -0.2) is 41.9 Å². The topological polar surface area (TPSA) is 121 Å². The van der Waals surface area contributed by atoms with Crippen molar-refractivity contribution in [3.63, 3.8) is 0 Å². The molecule has 0 heterocycles. The summed E-state index contributed by atoms with van der Waals surface area (Å²) in [5.74, 6) is -2.80. The average Bonchev–Trinajstić information content (AvgIpc) is 2.61. The smallest absolute Gasteiger partial charge is 0.747 e. The van der Waals surface area contributed by atoms with Gasteiger partial charge in [-0.05, 0) is 6.42 Å². The predicted molar refractivity (Wildman–Crippen MR) is 107 cm³/mol. The van der Waals surface area contributed by atoms with Crippen molar-refractivity contribution < 1.29 is 62.0 Å². The molecule has 1 atom stereocenters. The minimum absolute atomic E-state index is 0. The molecular formula is C20H37NaO7S. The minimum Gasteiger partial charge on any atom is -0.747 e. The quantitative estimate of drug-likeness (QED) is 0.138. The van der Waals surface area contributed by atoms with Gasteiger partial charge in [-0.25, -0.2) is 8.42 Å². The van der Waals surface area contributed by atoms with Crippen LogP contribution in [0.3, 0.4) is 0 Å². The summed E-state index contributed by atoms with van der Waals surface area (Å²) < 4.78 is 37.2. The Hall–Kier alpha value is -0.150. The Balaban J connectivity index is 0. The summed E-state index contributed by atoms with van der Waals surface area (Å²) in [6, 6.07) is 0. The number of hydrogen-bond acceptors (Lipinski definition) is 6. The van der Waals surface area contributed by atoms with Crippen LogP contribution in [0.1, 0.15) is 103 Å². The van der Waals surface area contributed by atoms with Crippen LogP contribution < -0.4 is 29.6 Å². The van der Waals surface area contributed by atoms with Crippen molar-refractivity contribution in [2.45, 2.75) is 108 Å². The van der Waals surface area contributed by atoms with Crippen molar-refractivity contribution in [1.82, 2.24) is 0 Å². The van der Waals surface area contributed by atoms with Crippen molar-refractivity contribution in [2.75, 3.05) is 6.61 Å². The summed E-state index contributed by atoms with van der Waals surface area (Å²) >= 11 is 0. The molecule has 0 aromatic carbocycles. The number of ether oxygens (including phenoxy) is 1. The Morgan fingerprint density at radius 1 is 0.828 bits per heavy atom. The first-order chi connectivity index (χ1) is 13.3. The van der Waals surface area contributed by atoms with Crippen LogP contribution in [0.5, 0.6) is 0 Å². The second-order valence-corrected chi connectivity index (χ2v) is 8.90. The predicted octanol–water partition coefficient (Wildman–Crippen LogP) is 1.40. The molecule has 0 aliphatic heterocycles. The summed E-state index contributed by atoms with van der Waals surface area (Å²) in [6.45, 7) is 2.34. The van der Waals surface area contributed by atoms with E-state index in [0.717, 1.165) is 19.3 Å². The Morgan fingerprint density at radius 3 is 1.55 bits per heavy atom. The first-order valence-corrected chi connectivity index (χ1v) is 12.1. The van der Waals surface area contributed by atoms with Gasteiger partial charge >= 0.3 is 41.5 Å². The molecule has 0 aromatic rings. The van der Waals surface area contributed by atoms with E-state index in [1.807, 2.05) is 0 Å². The molecule has 29 heavy (non-hydrogen) atoms. The molecule has 9 heteroatoms. The maximum Gasteiger partial charge on any atom is 1.00 e. The average molecular weight is 445 g/mol. The molecule has 166 valence electrons. The van der Waals surface area contributed by atoms with Gasteiger partial charge in [0, 0.05) is 0 Å². The zero-order valence-electron chi connectivity index (χ0n) is 18.2. The fraction of sp³-hybridized carbons (Fsp3) is 0.900. The van der Waals surface area contributed by atoms with Crippen LogP contribution in [0.15, 0.2) is 0 Å². The number of carbonyl (C=O) groups excluding carboxylic acids is 1. The molecule has 7 nitrogen and oxygen atoms in total. The van der Waals surface area contributed by atoms with Crippen LogP contribution in [0.2, 0.25) is 0 Å². The van der Waals surface area contributed by atoms with Crippen molar-refractivity contribution in [3.8, 4) is 0 Å². The molecule has 0 aliphatic rings. The molecule has 0 rings (SSSR count). The third-order valence-corrected chi connectivity index (χ3v) is 5.80. The van der Waals surface area contributed by atoms with E-state index in [0.29, 0.717) is 6.42 Å². The summed E-state index contributed by atoms with van der Waals surface area (Å²) in [5, 5.41) is 6.39.